The summed E-state index contributed by atoms with van der Waals surface area (Å²) in [7, 11) is 0. The van der Waals surface area contributed by atoms with E-state index < -0.39 is 0 Å². The third-order valence-corrected chi connectivity index (χ3v) is 2.41. The van der Waals surface area contributed by atoms with E-state index in [2.05, 4.69) is 154 Å². The van der Waals surface area contributed by atoms with Gasteiger partial charge in [0, 0.05) is 68.2 Å². The molecule has 0 aliphatic carbocycles. The summed E-state index contributed by atoms with van der Waals surface area (Å²) >= 11 is 0. The normalized spacial score (nSPS) is 6.25. The van der Waals surface area contributed by atoms with Crippen molar-refractivity contribution in [3.8, 4) is 0 Å². The summed E-state index contributed by atoms with van der Waals surface area (Å²) in [4.78, 5) is 22.2. The molecule has 5 aromatic rings. The highest BCUT2D eigenvalue weighted by Crippen LogP contribution is 1.83. The topological polar surface area (TPSA) is 129 Å². The Morgan fingerprint density at radius 2 is 0.361 bits per heavy atom. The molecule has 0 aliphatic heterocycles. The standard InChI is InChI=1S/C5H5N.3C4H4N2.5C4H10.C3H3N3.5C2H6.12CH4/c1-2-4-6-5-3-1;1-2-6-4-3-5-1;1-2-5-4-6-3-1;1-2-4-6-5-3-1;5*1-4(2)3;1-2-5-6-3-4-1;5*1-2;;;;;;;;;;;;/h1-5H;3*1-4H;5*4H,1-3H3;1-3H;5*1-2H3;12*1H4. The molecule has 0 fully saturated rings. The van der Waals surface area contributed by atoms with Crippen LogP contribution in [0.15, 0.2) is 123 Å². The molecular formula is C62H148N10. The molecule has 0 aliphatic rings. The highest BCUT2D eigenvalue weighted by Gasteiger charge is 1.70. The molecule has 0 N–H and O–H groups in total. The molecule has 446 valence electrons. The van der Waals surface area contributed by atoms with Crippen molar-refractivity contribution >= 4 is 0 Å². The van der Waals surface area contributed by atoms with Gasteiger partial charge in [-0.1, -0.05) is 268 Å². The quantitative estimate of drug-likeness (QED) is 0.148. The molecule has 0 aromatic carbocycles. The summed E-state index contributed by atoms with van der Waals surface area (Å²) in [5, 5.41) is 14.0. The van der Waals surface area contributed by atoms with Crippen molar-refractivity contribution in [2.24, 2.45) is 29.6 Å². The molecule has 10 nitrogen and oxygen atoms in total. The van der Waals surface area contributed by atoms with Gasteiger partial charge in [0.25, 0.3) is 0 Å². The zero-order chi connectivity index (χ0) is 49.1. The molecular weight excluding hydrogens is 885 g/mol. The Morgan fingerprint density at radius 3 is 0.431 bits per heavy atom. The van der Waals surface area contributed by atoms with Crippen LogP contribution in [0.2, 0.25) is 0 Å². The van der Waals surface area contributed by atoms with Gasteiger partial charge in [-0.15, -0.1) is 5.10 Å². The molecule has 0 amide bonds. The van der Waals surface area contributed by atoms with Gasteiger partial charge in [-0.25, -0.2) is 15.0 Å². The Labute approximate surface area is 463 Å². The van der Waals surface area contributed by atoms with Crippen LogP contribution in [0, 0.1) is 29.6 Å². The SMILES string of the molecule is C.C.C.C.C.C.C.C.C.C.C.C.CC.CC.CC.CC.CC.CC(C)C.CC(C)C.CC(C)C.CC(C)C.CC(C)C.c1ccncc1.c1ccnnc1.c1cnccn1.c1cncnc1.c1cnncn1. The molecule has 5 aromatic heterocycles. The fourth-order valence-corrected chi connectivity index (χ4v) is 1.28. The van der Waals surface area contributed by atoms with Gasteiger partial charge in [0.15, 0.2) is 0 Å². The van der Waals surface area contributed by atoms with Crippen molar-refractivity contribution in [2.45, 2.75) is 262 Å². The maximum Gasteiger partial charge on any atom is 0.138 e. The third kappa shape index (κ3) is 420. The second-order valence-electron chi connectivity index (χ2n) is 13.2. The zero-order valence-electron chi connectivity index (χ0n) is 43.9. The van der Waals surface area contributed by atoms with Crippen molar-refractivity contribution in [3.05, 3.63) is 123 Å². The molecule has 0 unspecified atom stereocenters. The van der Waals surface area contributed by atoms with E-state index in [9.17, 15) is 0 Å². The van der Waals surface area contributed by atoms with E-state index >= 15 is 0 Å². The van der Waals surface area contributed by atoms with Crippen molar-refractivity contribution in [1.82, 2.24) is 50.3 Å². The first-order valence-corrected chi connectivity index (χ1v) is 22.2. The molecule has 72 heavy (non-hydrogen) atoms. The molecule has 0 radical (unpaired) electrons. The van der Waals surface area contributed by atoms with Gasteiger partial charge in [0.2, 0.25) is 0 Å². The predicted octanol–water partition coefficient (Wildman–Crippen LogP) is 23.5. The van der Waals surface area contributed by atoms with Gasteiger partial charge in [-0.05, 0) is 59.9 Å². The molecule has 10 heteroatoms. The first-order chi connectivity index (χ1) is 28.7. The Kier molecular flexibility index (Phi) is 348. The Balaban J connectivity index is -0.0000000187. The van der Waals surface area contributed by atoms with Gasteiger partial charge in [0.1, 0.15) is 12.7 Å². The fourth-order valence-electron chi connectivity index (χ4n) is 1.28. The van der Waals surface area contributed by atoms with Crippen LogP contribution in [0.5, 0.6) is 0 Å². The number of hydrogen-bond acceptors (Lipinski definition) is 10. The molecule has 0 saturated carbocycles. The molecule has 0 saturated heterocycles. The lowest BCUT2D eigenvalue weighted by molar-refractivity contribution is 0.736. The van der Waals surface area contributed by atoms with E-state index in [0.717, 1.165) is 29.6 Å². The van der Waals surface area contributed by atoms with Crippen molar-refractivity contribution in [1.29, 1.82) is 0 Å². The van der Waals surface area contributed by atoms with Crippen LogP contribution in [0.25, 0.3) is 0 Å². The number of aromatic nitrogens is 10. The maximum absolute atomic E-state index is 3.78. The van der Waals surface area contributed by atoms with E-state index in [1.165, 1.54) is 18.9 Å². The van der Waals surface area contributed by atoms with E-state index in [-0.39, 0.29) is 89.1 Å². The second-order valence-corrected chi connectivity index (χ2v) is 13.2. The molecule has 0 atom stereocenters. The molecule has 0 bridgehead atoms. The predicted molar refractivity (Wildman–Crippen MR) is 350 cm³/mol. The van der Waals surface area contributed by atoms with Crippen LogP contribution in [0.4, 0.5) is 0 Å². The minimum absolute atomic E-state index is 0. The fraction of sp³-hybridized carbons (Fsp3) is 0.677. The van der Waals surface area contributed by atoms with Crippen LogP contribution in [-0.4, -0.2) is 50.3 Å². The number of pyridine rings is 1. The van der Waals surface area contributed by atoms with Gasteiger partial charge >= 0.3 is 0 Å². The average Bonchev–Trinajstić information content (AvgIpc) is 3.27. The first kappa shape index (κ1) is 144. The number of hydrogen-bond donors (Lipinski definition) is 0. The van der Waals surface area contributed by atoms with Gasteiger partial charge < -0.3 is 0 Å². The highest BCUT2D eigenvalue weighted by molar-refractivity contribution is 4.88. The van der Waals surface area contributed by atoms with Crippen molar-refractivity contribution in [2.75, 3.05) is 0 Å². The lowest BCUT2D eigenvalue weighted by Gasteiger charge is -1.79. The smallest absolute Gasteiger partial charge is 0.138 e. The zero-order valence-corrected chi connectivity index (χ0v) is 43.9. The van der Waals surface area contributed by atoms with Gasteiger partial charge in [0.05, 0.1) is 6.20 Å². The van der Waals surface area contributed by atoms with E-state index in [1.807, 2.05) is 99.6 Å². The number of rotatable bonds is 0. The molecule has 5 heterocycles. The lowest BCUT2D eigenvalue weighted by atomic mass is 10.3. The average molecular weight is 1030 g/mol. The minimum atomic E-state index is 0. The lowest BCUT2D eigenvalue weighted by Crippen LogP contribution is -1.75. The van der Waals surface area contributed by atoms with Gasteiger partial charge in [-0.2, -0.15) is 15.3 Å². The van der Waals surface area contributed by atoms with Crippen LogP contribution < -0.4 is 0 Å². The monoisotopic (exact) mass is 1030 g/mol. The van der Waals surface area contributed by atoms with E-state index in [0.29, 0.717) is 0 Å². The van der Waals surface area contributed by atoms with Crippen LogP contribution in [0.3, 0.4) is 0 Å². The van der Waals surface area contributed by atoms with Crippen molar-refractivity contribution < 1.29 is 0 Å². The van der Waals surface area contributed by atoms with Crippen LogP contribution >= 0.6 is 0 Å². The number of nitrogens with zero attached hydrogens (tertiary/aromatic N) is 10. The summed E-state index contributed by atoms with van der Waals surface area (Å²) in [5.74, 6) is 4.17. The van der Waals surface area contributed by atoms with Gasteiger partial charge in [-0.3, -0.25) is 15.0 Å². The second kappa shape index (κ2) is 174. The van der Waals surface area contributed by atoms with Crippen LogP contribution in [-0.2, 0) is 0 Å². The highest BCUT2D eigenvalue weighted by atomic mass is 15.1. The maximum atomic E-state index is 3.78. The van der Waals surface area contributed by atoms with E-state index in [4.69, 9.17) is 0 Å². The third-order valence-electron chi connectivity index (χ3n) is 2.41. The summed E-state index contributed by atoms with van der Waals surface area (Å²) in [5.41, 5.74) is 0. The summed E-state index contributed by atoms with van der Waals surface area (Å²) in [6.07, 6.45) is 22.7. The summed E-state index contributed by atoms with van der Waals surface area (Å²) < 4.78 is 0. The first-order valence-electron chi connectivity index (χ1n) is 22.2. The van der Waals surface area contributed by atoms with E-state index in [1.54, 1.807) is 74.2 Å². The largest absolute Gasteiger partial charge is 0.265 e. The minimum Gasteiger partial charge on any atom is -0.265 e. The molecule has 0 spiro atoms. The van der Waals surface area contributed by atoms with Crippen molar-refractivity contribution in [3.63, 3.8) is 0 Å². The Bertz CT molecular complexity index is 762. The Hall–Kier alpha value is -4.60. The Morgan fingerprint density at radius 1 is 0.181 bits per heavy atom. The molecule has 5 rings (SSSR count). The summed E-state index contributed by atoms with van der Waals surface area (Å²) in [6.45, 7) is 52.5. The van der Waals surface area contributed by atoms with Crippen LogP contribution in [0.1, 0.15) is 262 Å². The summed E-state index contributed by atoms with van der Waals surface area (Å²) in [6, 6.07) is 11.1.